The van der Waals surface area contributed by atoms with Gasteiger partial charge in [-0.15, -0.1) is 0 Å². The number of benzene rings is 3. The number of carbonyl (C=O) groups excluding carboxylic acids is 2. The number of ether oxygens (including phenoxy) is 2. The third-order valence-corrected chi connectivity index (χ3v) is 4.24. The first kappa shape index (κ1) is 18.4. The second-order valence-corrected chi connectivity index (χ2v) is 6.34. The van der Waals surface area contributed by atoms with Crippen LogP contribution < -0.4 is 25.4 Å². The maximum Gasteiger partial charge on any atom is 0.323 e. The van der Waals surface area contributed by atoms with Crippen molar-refractivity contribution in [3.8, 4) is 11.5 Å². The van der Waals surface area contributed by atoms with E-state index in [4.69, 9.17) is 9.47 Å². The molecule has 3 amide bonds. The van der Waals surface area contributed by atoms with Crippen molar-refractivity contribution in [2.24, 2.45) is 0 Å². The summed E-state index contributed by atoms with van der Waals surface area (Å²) in [5, 5.41) is 8.31. The van der Waals surface area contributed by atoms with Crippen LogP contribution >= 0.6 is 0 Å². The molecule has 1 heterocycles. The Morgan fingerprint density at radius 2 is 1.24 bits per heavy atom. The van der Waals surface area contributed by atoms with E-state index < -0.39 is 0 Å². The molecule has 146 valence electrons. The molecular weight excluding hydrogens is 370 g/mol. The van der Waals surface area contributed by atoms with Gasteiger partial charge in [-0.05, 0) is 54.6 Å². The van der Waals surface area contributed by atoms with Crippen molar-refractivity contribution in [2.75, 3.05) is 29.2 Å². The van der Waals surface area contributed by atoms with Gasteiger partial charge in [0.25, 0.3) is 5.91 Å². The molecule has 0 atom stereocenters. The molecule has 0 radical (unpaired) electrons. The highest BCUT2D eigenvalue weighted by Crippen LogP contribution is 2.31. The zero-order valence-corrected chi connectivity index (χ0v) is 15.5. The molecule has 0 aliphatic carbocycles. The van der Waals surface area contributed by atoms with E-state index in [1.165, 1.54) is 0 Å². The first-order chi connectivity index (χ1) is 14.2. The quantitative estimate of drug-likeness (QED) is 0.619. The van der Waals surface area contributed by atoms with E-state index in [1.54, 1.807) is 54.6 Å². The van der Waals surface area contributed by atoms with Gasteiger partial charge >= 0.3 is 6.03 Å². The summed E-state index contributed by atoms with van der Waals surface area (Å²) in [6, 6.07) is 20.7. The smallest absolute Gasteiger partial charge is 0.323 e. The van der Waals surface area contributed by atoms with Crippen LogP contribution in [0, 0.1) is 0 Å². The summed E-state index contributed by atoms with van der Waals surface area (Å²) in [5.74, 6) is 0.939. The molecule has 0 aromatic heterocycles. The van der Waals surface area contributed by atoms with Crippen LogP contribution in [0.4, 0.5) is 21.9 Å². The summed E-state index contributed by atoms with van der Waals surface area (Å²) in [7, 11) is 0. The first-order valence-electron chi connectivity index (χ1n) is 9.11. The van der Waals surface area contributed by atoms with E-state index >= 15 is 0 Å². The monoisotopic (exact) mass is 389 g/mol. The zero-order valence-electron chi connectivity index (χ0n) is 15.5. The van der Waals surface area contributed by atoms with Gasteiger partial charge in [-0.1, -0.05) is 18.2 Å². The van der Waals surface area contributed by atoms with E-state index in [0.717, 1.165) is 0 Å². The third-order valence-electron chi connectivity index (χ3n) is 4.24. The van der Waals surface area contributed by atoms with Crippen molar-refractivity contribution < 1.29 is 19.1 Å². The maximum absolute atomic E-state index is 12.5. The van der Waals surface area contributed by atoms with Gasteiger partial charge in [-0.3, -0.25) is 4.79 Å². The molecule has 0 spiro atoms. The Morgan fingerprint density at radius 3 is 1.93 bits per heavy atom. The van der Waals surface area contributed by atoms with Gasteiger partial charge in [0.15, 0.2) is 11.5 Å². The van der Waals surface area contributed by atoms with Crippen molar-refractivity contribution in [1.29, 1.82) is 0 Å². The Kier molecular flexibility index (Phi) is 5.29. The number of fused-ring (bicyclic) bond motifs is 1. The Morgan fingerprint density at radius 1 is 0.655 bits per heavy atom. The number of urea groups is 1. The Labute approximate surface area is 167 Å². The molecule has 1 aliphatic rings. The molecule has 3 aromatic carbocycles. The summed E-state index contributed by atoms with van der Waals surface area (Å²) in [4.78, 5) is 24.5. The Hall–Kier alpha value is -4.00. The van der Waals surface area contributed by atoms with E-state index in [-0.39, 0.29) is 11.9 Å². The maximum atomic E-state index is 12.5. The van der Waals surface area contributed by atoms with Crippen molar-refractivity contribution in [2.45, 2.75) is 0 Å². The van der Waals surface area contributed by atoms with E-state index in [2.05, 4.69) is 16.0 Å². The Balaban J connectivity index is 1.35. The molecule has 1 aliphatic heterocycles. The van der Waals surface area contributed by atoms with Gasteiger partial charge in [0.2, 0.25) is 0 Å². The van der Waals surface area contributed by atoms with Crippen LogP contribution in [0.15, 0.2) is 72.8 Å². The molecule has 3 aromatic rings. The largest absolute Gasteiger partial charge is 0.486 e. The highest BCUT2D eigenvalue weighted by Gasteiger charge is 2.15. The standard InChI is InChI=1S/C22H19N3O4/c26-21(15-6-11-19-20(14-15)29-13-12-28-19)23-17-7-9-18(10-8-17)25-22(27)24-16-4-2-1-3-5-16/h1-11,14H,12-13H2,(H,23,26)(H2,24,25,27). The molecule has 7 nitrogen and oxygen atoms in total. The van der Waals surface area contributed by atoms with Gasteiger partial charge in [0.05, 0.1) is 0 Å². The minimum atomic E-state index is -0.343. The highest BCUT2D eigenvalue weighted by atomic mass is 16.6. The summed E-state index contributed by atoms with van der Waals surface area (Å²) >= 11 is 0. The lowest BCUT2D eigenvalue weighted by Gasteiger charge is -2.18. The molecule has 4 rings (SSSR count). The molecule has 3 N–H and O–H groups in total. The van der Waals surface area contributed by atoms with E-state index in [9.17, 15) is 9.59 Å². The second kappa shape index (κ2) is 8.35. The minimum absolute atomic E-state index is 0.260. The van der Waals surface area contributed by atoms with Crippen LogP contribution in [-0.4, -0.2) is 25.2 Å². The molecule has 0 saturated heterocycles. The van der Waals surface area contributed by atoms with Crippen LogP contribution in [0.1, 0.15) is 10.4 Å². The molecule has 29 heavy (non-hydrogen) atoms. The van der Waals surface area contributed by atoms with Crippen LogP contribution in [-0.2, 0) is 0 Å². The van der Waals surface area contributed by atoms with Gasteiger partial charge in [0, 0.05) is 22.6 Å². The highest BCUT2D eigenvalue weighted by molar-refractivity contribution is 6.05. The lowest BCUT2D eigenvalue weighted by molar-refractivity contribution is 0.102. The predicted octanol–water partition coefficient (Wildman–Crippen LogP) is 4.35. The van der Waals surface area contributed by atoms with Gasteiger partial charge in [-0.25, -0.2) is 4.79 Å². The number of rotatable bonds is 4. The van der Waals surface area contributed by atoms with Crippen LogP contribution in [0.25, 0.3) is 0 Å². The fraction of sp³-hybridized carbons (Fsp3) is 0.0909. The summed E-state index contributed by atoms with van der Waals surface area (Å²) in [6.07, 6.45) is 0. The fourth-order valence-electron chi connectivity index (χ4n) is 2.84. The molecule has 0 unspecified atom stereocenters. The van der Waals surface area contributed by atoms with Crippen LogP contribution in [0.2, 0.25) is 0 Å². The third kappa shape index (κ3) is 4.65. The molecular formula is C22H19N3O4. The molecule has 0 bridgehead atoms. The average Bonchev–Trinajstić information content (AvgIpc) is 2.75. The number of hydrogen-bond donors (Lipinski definition) is 3. The molecule has 7 heteroatoms. The fourth-order valence-corrected chi connectivity index (χ4v) is 2.84. The van der Waals surface area contributed by atoms with Crippen molar-refractivity contribution in [3.63, 3.8) is 0 Å². The predicted molar refractivity (Wildman–Crippen MR) is 111 cm³/mol. The first-order valence-corrected chi connectivity index (χ1v) is 9.11. The van der Waals surface area contributed by atoms with Crippen molar-refractivity contribution in [3.05, 3.63) is 78.4 Å². The molecule has 0 fully saturated rings. The van der Waals surface area contributed by atoms with Gasteiger partial charge in [-0.2, -0.15) is 0 Å². The number of para-hydroxylation sites is 1. The van der Waals surface area contributed by atoms with E-state index in [1.807, 2.05) is 18.2 Å². The number of nitrogens with one attached hydrogen (secondary N) is 3. The lowest BCUT2D eigenvalue weighted by atomic mass is 10.1. The summed E-state index contributed by atoms with van der Waals surface area (Å²) in [5.41, 5.74) is 2.39. The van der Waals surface area contributed by atoms with Crippen molar-refractivity contribution in [1.82, 2.24) is 0 Å². The number of hydrogen-bond acceptors (Lipinski definition) is 4. The number of carbonyl (C=O) groups is 2. The normalized spacial score (nSPS) is 12.0. The number of amides is 3. The summed E-state index contributed by atoms with van der Waals surface area (Å²) < 4.78 is 11.0. The van der Waals surface area contributed by atoms with Crippen LogP contribution in [0.3, 0.4) is 0 Å². The van der Waals surface area contributed by atoms with Gasteiger partial charge < -0.3 is 25.4 Å². The topological polar surface area (TPSA) is 88.7 Å². The SMILES string of the molecule is O=C(Nc1ccccc1)Nc1ccc(NC(=O)c2ccc3c(c2)OCCO3)cc1. The lowest BCUT2D eigenvalue weighted by Crippen LogP contribution is -2.19. The Bertz CT molecular complexity index is 1020. The van der Waals surface area contributed by atoms with E-state index in [0.29, 0.717) is 47.3 Å². The second-order valence-electron chi connectivity index (χ2n) is 6.34. The zero-order chi connectivity index (χ0) is 20.1. The number of anilines is 3. The van der Waals surface area contributed by atoms with Crippen LogP contribution in [0.5, 0.6) is 11.5 Å². The minimum Gasteiger partial charge on any atom is -0.486 e. The van der Waals surface area contributed by atoms with Gasteiger partial charge in [0.1, 0.15) is 13.2 Å². The summed E-state index contributed by atoms with van der Waals surface area (Å²) in [6.45, 7) is 0.965. The van der Waals surface area contributed by atoms with Crippen molar-refractivity contribution >= 4 is 29.0 Å². The molecule has 0 saturated carbocycles. The average molecular weight is 389 g/mol.